The van der Waals surface area contributed by atoms with Gasteiger partial charge in [0.05, 0.1) is 4.88 Å². The fourth-order valence-electron chi connectivity index (χ4n) is 1.75. The van der Waals surface area contributed by atoms with Gasteiger partial charge in [0.25, 0.3) is 5.91 Å². The van der Waals surface area contributed by atoms with Gasteiger partial charge in [0.15, 0.2) is 0 Å². The predicted molar refractivity (Wildman–Crippen MR) is 73.9 cm³/mol. The molecular formula is C14H17NOS. The summed E-state index contributed by atoms with van der Waals surface area (Å²) in [5.74, 6) is 0.601. The van der Waals surface area contributed by atoms with E-state index >= 15 is 0 Å². The monoisotopic (exact) mass is 247 g/mol. The first kappa shape index (κ1) is 12.1. The molecule has 0 N–H and O–H groups in total. The van der Waals surface area contributed by atoms with Crippen molar-refractivity contribution in [1.29, 1.82) is 0 Å². The van der Waals surface area contributed by atoms with Crippen molar-refractivity contribution >= 4 is 27.3 Å². The van der Waals surface area contributed by atoms with E-state index in [0.717, 1.165) is 4.88 Å². The van der Waals surface area contributed by atoms with Crippen molar-refractivity contribution in [3.05, 3.63) is 34.7 Å². The van der Waals surface area contributed by atoms with E-state index in [-0.39, 0.29) is 5.91 Å². The summed E-state index contributed by atoms with van der Waals surface area (Å²) >= 11 is 1.56. The molecule has 0 spiro atoms. The van der Waals surface area contributed by atoms with E-state index in [1.807, 2.05) is 6.07 Å². The second-order valence-electron chi connectivity index (χ2n) is 4.76. The van der Waals surface area contributed by atoms with Gasteiger partial charge in [0.1, 0.15) is 0 Å². The zero-order chi connectivity index (χ0) is 12.6. The molecule has 0 aliphatic carbocycles. The van der Waals surface area contributed by atoms with Crippen LogP contribution in [0, 0.1) is 0 Å². The summed E-state index contributed by atoms with van der Waals surface area (Å²) < 4.78 is 1.18. The van der Waals surface area contributed by atoms with Crippen molar-refractivity contribution in [1.82, 2.24) is 4.90 Å². The van der Waals surface area contributed by atoms with Gasteiger partial charge < -0.3 is 4.90 Å². The first-order chi connectivity index (χ1) is 7.99. The number of hydrogen-bond donors (Lipinski definition) is 0. The Bertz CT molecular complexity index is 554. The van der Waals surface area contributed by atoms with E-state index in [1.54, 1.807) is 30.3 Å². The standard InChI is InChI=1S/C14H17NOS/c1-9(2)10-5-6-12-11(7-10)8-13(17-12)14(16)15(3)4/h5-9H,1-4H3. The van der Waals surface area contributed by atoms with Gasteiger partial charge in [-0.1, -0.05) is 26.0 Å². The molecule has 0 radical (unpaired) electrons. The summed E-state index contributed by atoms with van der Waals surface area (Å²) in [6.45, 7) is 4.36. The van der Waals surface area contributed by atoms with E-state index in [2.05, 4.69) is 32.0 Å². The quantitative estimate of drug-likeness (QED) is 0.792. The Morgan fingerprint density at radius 2 is 1.94 bits per heavy atom. The third kappa shape index (κ3) is 2.34. The van der Waals surface area contributed by atoms with E-state index in [4.69, 9.17) is 0 Å². The number of carbonyl (C=O) groups excluding carboxylic acids is 1. The molecule has 0 aliphatic rings. The highest BCUT2D eigenvalue weighted by molar-refractivity contribution is 7.20. The zero-order valence-electron chi connectivity index (χ0n) is 10.7. The Morgan fingerprint density at radius 1 is 1.24 bits per heavy atom. The largest absolute Gasteiger partial charge is 0.344 e. The Labute approximate surface area is 106 Å². The van der Waals surface area contributed by atoms with Gasteiger partial charge in [-0.3, -0.25) is 4.79 Å². The van der Waals surface area contributed by atoms with E-state index < -0.39 is 0 Å². The Balaban J connectivity index is 2.47. The SMILES string of the molecule is CC(C)c1ccc2sc(C(=O)N(C)C)cc2c1. The Hall–Kier alpha value is -1.35. The topological polar surface area (TPSA) is 20.3 Å². The van der Waals surface area contributed by atoms with Gasteiger partial charge in [-0.05, 0) is 29.0 Å². The lowest BCUT2D eigenvalue weighted by atomic mass is 10.0. The molecule has 2 nitrogen and oxygen atoms in total. The van der Waals surface area contributed by atoms with Gasteiger partial charge in [-0.2, -0.15) is 0 Å². The molecule has 0 bridgehead atoms. The second-order valence-corrected chi connectivity index (χ2v) is 5.85. The average Bonchev–Trinajstić information content (AvgIpc) is 2.69. The number of fused-ring (bicyclic) bond motifs is 1. The van der Waals surface area contributed by atoms with Crippen LogP contribution in [0.15, 0.2) is 24.3 Å². The molecule has 1 heterocycles. The van der Waals surface area contributed by atoms with Crippen molar-refractivity contribution in [2.24, 2.45) is 0 Å². The molecule has 2 rings (SSSR count). The number of thiophene rings is 1. The number of carbonyl (C=O) groups is 1. The molecule has 1 amide bonds. The van der Waals surface area contributed by atoms with Crippen LogP contribution in [0.25, 0.3) is 10.1 Å². The molecule has 3 heteroatoms. The molecule has 0 aliphatic heterocycles. The maximum Gasteiger partial charge on any atom is 0.263 e. The average molecular weight is 247 g/mol. The highest BCUT2D eigenvalue weighted by atomic mass is 32.1. The number of benzene rings is 1. The summed E-state index contributed by atoms with van der Waals surface area (Å²) in [4.78, 5) is 14.3. The highest BCUT2D eigenvalue weighted by Gasteiger charge is 2.12. The van der Waals surface area contributed by atoms with Crippen LogP contribution in [0.4, 0.5) is 0 Å². The van der Waals surface area contributed by atoms with Crippen molar-refractivity contribution < 1.29 is 4.79 Å². The van der Waals surface area contributed by atoms with E-state index in [9.17, 15) is 4.79 Å². The van der Waals surface area contributed by atoms with Crippen LogP contribution in [-0.2, 0) is 0 Å². The van der Waals surface area contributed by atoms with Crippen LogP contribution in [0.1, 0.15) is 35.0 Å². The summed E-state index contributed by atoms with van der Waals surface area (Å²) in [6.07, 6.45) is 0. The summed E-state index contributed by atoms with van der Waals surface area (Å²) in [5.41, 5.74) is 1.32. The van der Waals surface area contributed by atoms with E-state index in [0.29, 0.717) is 5.92 Å². The van der Waals surface area contributed by atoms with Gasteiger partial charge >= 0.3 is 0 Å². The van der Waals surface area contributed by atoms with E-state index in [1.165, 1.54) is 15.6 Å². The van der Waals surface area contributed by atoms with Crippen LogP contribution in [-0.4, -0.2) is 24.9 Å². The van der Waals surface area contributed by atoms with Crippen LogP contribution < -0.4 is 0 Å². The van der Waals surface area contributed by atoms with Gasteiger partial charge in [0.2, 0.25) is 0 Å². The van der Waals surface area contributed by atoms with Gasteiger partial charge in [-0.15, -0.1) is 11.3 Å². The lowest BCUT2D eigenvalue weighted by Gasteiger charge is -2.06. The normalized spacial score (nSPS) is 11.1. The maximum atomic E-state index is 11.9. The molecule has 0 unspecified atom stereocenters. The molecule has 0 saturated carbocycles. The van der Waals surface area contributed by atoms with Crippen LogP contribution in [0.3, 0.4) is 0 Å². The summed E-state index contributed by atoms with van der Waals surface area (Å²) in [7, 11) is 3.57. The minimum Gasteiger partial charge on any atom is -0.344 e. The summed E-state index contributed by atoms with van der Waals surface area (Å²) in [5, 5.41) is 1.17. The fraction of sp³-hybridized carbons (Fsp3) is 0.357. The first-order valence-electron chi connectivity index (χ1n) is 5.74. The third-order valence-electron chi connectivity index (χ3n) is 2.82. The van der Waals surface area contributed by atoms with Crippen molar-refractivity contribution in [2.75, 3.05) is 14.1 Å². The minimum atomic E-state index is 0.0808. The van der Waals surface area contributed by atoms with Gasteiger partial charge in [-0.25, -0.2) is 0 Å². The first-order valence-corrected chi connectivity index (χ1v) is 6.56. The minimum absolute atomic E-state index is 0.0808. The van der Waals surface area contributed by atoms with Crippen LogP contribution in [0.5, 0.6) is 0 Å². The van der Waals surface area contributed by atoms with Crippen molar-refractivity contribution in [3.63, 3.8) is 0 Å². The number of rotatable bonds is 2. The number of amides is 1. The van der Waals surface area contributed by atoms with Crippen LogP contribution in [0.2, 0.25) is 0 Å². The fourth-order valence-corrected chi connectivity index (χ4v) is 2.81. The van der Waals surface area contributed by atoms with Gasteiger partial charge in [0, 0.05) is 18.8 Å². The molecule has 0 fully saturated rings. The molecule has 90 valence electrons. The summed E-state index contributed by atoms with van der Waals surface area (Å²) in [6, 6.07) is 8.44. The number of nitrogens with zero attached hydrogens (tertiary/aromatic N) is 1. The highest BCUT2D eigenvalue weighted by Crippen LogP contribution is 2.29. The molecule has 17 heavy (non-hydrogen) atoms. The Kier molecular flexibility index (Phi) is 3.20. The third-order valence-corrected chi connectivity index (χ3v) is 3.93. The predicted octanol–water partition coefficient (Wildman–Crippen LogP) is 3.73. The molecule has 0 saturated heterocycles. The smallest absolute Gasteiger partial charge is 0.263 e. The number of hydrogen-bond acceptors (Lipinski definition) is 2. The maximum absolute atomic E-state index is 11.9. The zero-order valence-corrected chi connectivity index (χ0v) is 11.5. The lowest BCUT2D eigenvalue weighted by molar-refractivity contribution is 0.0832. The molecule has 0 atom stereocenters. The molecule has 1 aromatic carbocycles. The Morgan fingerprint density at radius 3 is 2.53 bits per heavy atom. The molecule has 1 aromatic heterocycles. The molecule has 2 aromatic rings. The van der Waals surface area contributed by atoms with Crippen molar-refractivity contribution in [2.45, 2.75) is 19.8 Å². The lowest BCUT2D eigenvalue weighted by Crippen LogP contribution is -2.20. The second kappa shape index (κ2) is 4.49. The van der Waals surface area contributed by atoms with Crippen LogP contribution >= 0.6 is 11.3 Å². The molecular weight excluding hydrogens is 230 g/mol. The van der Waals surface area contributed by atoms with Crippen molar-refractivity contribution in [3.8, 4) is 0 Å².